The number of hydrogen-bond acceptors (Lipinski definition) is 16. The fourth-order valence-corrected chi connectivity index (χ4v) is 15.8. The Hall–Kier alpha value is -6.98. The molecule has 2 aliphatic carbocycles. The second kappa shape index (κ2) is 45.4. The lowest BCUT2D eigenvalue weighted by Crippen LogP contribution is -2.62. The second-order valence-corrected chi connectivity index (χ2v) is 34.8. The van der Waals surface area contributed by atoms with Crippen LogP contribution < -0.4 is 26.0 Å². The number of sulfonamides is 1. The predicted octanol–water partition coefficient (Wildman–Crippen LogP) is 5.10. The summed E-state index contributed by atoms with van der Waals surface area (Å²) in [5.74, 6) is -10.8. The number of piperidine rings is 1. The van der Waals surface area contributed by atoms with E-state index in [4.69, 9.17) is 0 Å². The van der Waals surface area contributed by atoms with Gasteiger partial charge in [0.1, 0.15) is 54.4 Å². The average Bonchev–Trinajstić information content (AvgIpc) is 0.819. The highest BCUT2D eigenvalue weighted by atomic mass is 32.2. The van der Waals surface area contributed by atoms with Gasteiger partial charge in [0.2, 0.25) is 86.8 Å². The Labute approximate surface area is 644 Å². The standard InChI is InChI=1S/C78H137N13O16S/c1-18-20-37-90-48-67(95)84(12)63(45-55-31-25-22-26-32-55)72(99)79-57(35-36-65(93)83-108(17,106)107)74(101)86(14)62(44-53(9)10)73(100)82-69(54(11)92)78(105)91(38-21-19-2)49-68(96)85(13)64(46-56-33-27-23-28-34-56)77(104)88(16)61(43-52(7)8)71(98)80-58(41-50(3)4)75(102)87(15)60(42-51(5)6)70(97)81-59(47-66(90)94)76(103)89-39-29-24-30-40-89/h50-64,69,92H,18-49H2,1-17H3,(H,79,99)(H,80,98)(H,81,97)(H,82,100)(H,83,93)/t54-,57?,58+,59+,60+,61+,62+,63+,64+,69+/m1/s1. The summed E-state index contributed by atoms with van der Waals surface area (Å²) in [5.41, 5.74) is 0. The summed E-state index contributed by atoms with van der Waals surface area (Å²) in [6, 6.07) is -12.5. The van der Waals surface area contributed by atoms with Crippen LogP contribution in [0.5, 0.6) is 0 Å². The lowest BCUT2D eigenvalue weighted by atomic mass is 9.84. The van der Waals surface area contributed by atoms with Gasteiger partial charge in [0.25, 0.3) is 0 Å². The number of hydrogen-bond donors (Lipinski definition) is 6. The molecule has 108 heavy (non-hydrogen) atoms. The molecule has 2 heterocycles. The average molecular weight is 1550 g/mol. The second-order valence-electron chi connectivity index (χ2n) is 33.1. The van der Waals surface area contributed by atoms with Gasteiger partial charge in [-0.25, -0.2) is 8.42 Å². The molecule has 0 radical (unpaired) electrons. The quantitative estimate of drug-likeness (QED) is 0.0732. The molecule has 4 rings (SSSR count). The van der Waals surface area contributed by atoms with Crippen LogP contribution in [0.25, 0.3) is 0 Å². The Balaban J connectivity index is 2.04. The highest BCUT2D eigenvalue weighted by Crippen LogP contribution is 2.32. The lowest BCUT2D eigenvalue weighted by molar-refractivity contribution is -0.152. The van der Waals surface area contributed by atoms with Crippen LogP contribution in [0.3, 0.4) is 0 Å². The monoisotopic (exact) mass is 1540 g/mol. The van der Waals surface area contributed by atoms with Crippen LogP contribution in [-0.4, -0.2) is 271 Å². The van der Waals surface area contributed by atoms with Crippen LogP contribution in [0.2, 0.25) is 0 Å². The number of likely N-dealkylation sites (tertiary alicyclic amines) is 1. The zero-order valence-electron chi connectivity index (χ0n) is 68.4. The third-order valence-corrected chi connectivity index (χ3v) is 22.4. The highest BCUT2D eigenvalue weighted by Gasteiger charge is 2.44. The Kier molecular flexibility index (Phi) is 39.2. The third kappa shape index (κ3) is 29.7. The van der Waals surface area contributed by atoms with Crippen LogP contribution >= 0.6 is 0 Å². The molecule has 0 spiro atoms. The molecule has 2 aliphatic heterocycles. The first kappa shape index (κ1) is 93.4. The van der Waals surface area contributed by atoms with E-state index in [0.29, 0.717) is 64.5 Å². The number of aliphatic hydroxyl groups excluding tert-OH is 1. The van der Waals surface area contributed by atoms with E-state index in [9.17, 15) is 23.1 Å². The van der Waals surface area contributed by atoms with Gasteiger partial charge in [-0.2, -0.15) is 0 Å². The Morgan fingerprint density at radius 1 is 0.472 bits per heavy atom. The van der Waals surface area contributed by atoms with Crippen molar-refractivity contribution in [2.75, 3.05) is 80.8 Å². The van der Waals surface area contributed by atoms with Crippen molar-refractivity contribution in [3.8, 4) is 0 Å². The number of unbranched alkanes of at least 4 members (excludes halogenated alkanes) is 2. The van der Waals surface area contributed by atoms with E-state index < -0.39 is 180 Å². The van der Waals surface area contributed by atoms with Crippen molar-refractivity contribution < 1.29 is 75.9 Å². The topological polar surface area (TPSA) is 362 Å². The summed E-state index contributed by atoms with van der Waals surface area (Å²) in [6.45, 7) is 19.4. The van der Waals surface area contributed by atoms with E-state index >= 15 is 52.7 Å². The van der Waals surface area contributed by atoms with Crippen molar-refractivity contribution in [3.63, 3.8) is 0 Å². The smallest absolute Gasteiger partial charge is 0.248 e. The third-order valence-electron chi connectivity index (χ3n) is 21.8. The van der Waals surface area contributed by atoms with Gasteiger partial charge in [0.05, 0.1) is 31.9 Å². The molecule has 0 bridgehead atoms. The molecule has 4 fully saturated rings. The molecule has 30 heteroatoms. The molecule has 0 aromatic heterocycles. The number of aliphatic hydroxyl groups is 1. The number of likely N-dealkylation sites (N-methyl/N-ethyl adjacent to an activating group) is 5. The zero-order valence-corrected chi connectivity index (χ0v) is 69.2. The van der Waals surface area contributed by atoms with E-state index in [1.807, 2.05) is 60.1 Å². The first-order chi connectivity index (χ1) is 50.7. The number of carbonyl (C=O) groups is 13. The van der Waals surface area contributed by atoms with Gasteiger partial charge in [-0.3, -0.25) is 67.1 Å². The number of rotatable bonds is 24. The minimum absolute atomic E-state index is 0.00353. The molecule has 10 atom stereocenters. The number of amides is 13. The fraction of sp³-hybridized carbons (Fsp3) is 0.833. The minimum Gasteiger partial charge on any atom is -0.391 e. The highest BCUT2D eigenvalue weighted by molar-refractivity contribution is 7.89. The van der Waals surface area contributed by atoms with Gasteiger partial charge in [-0.1, -0.05) is 146 Å². The maximum absolute atomic E-state index is 15.6. The van der Waals surface area contributed by atoms with Gasteiger partial charge in [-0.15, -0.1) is 0 Å². The van der Waals surface area contributed by atoms with Gasteiger partial charge < -0.3 is 65.6 Å². The first-order valence-corrected chi connectivity index (χ1v) is 42.2. The van der Waals surface area contributed by atoms with E-state index in [1.54, 1.807) is 18.7 Å². The van der Waals surface area contributed by atoms with Gasteiger partial charge in [0, 0.05) is 67.8 Å². The molecule has 4 aliphatic rings. The predicted molar refractivity (Wildman–Crippen MR) is 413 cm³/mol. The molecule has 2 saturated carbocycles. The SMILES string of the molecule is CCCCN1CC(=O)N(C)[C@@H](CC2CCCCC2)C(=O)NC(CCC(=O)NS(C)(=O)=O)C(=O)N(C)[C@@H](CC(C)C)C(=O)N[C@@H]([C@@H](C)O)C(=O)N(CCCC)CC(=O)N(C)[C@@H](CC2CCCCC2)C(=O)N(C)[C@@H](CC(C)C)C(=O)N[C@@H](CC(C)C)C(=O)N(C)[C@@H](CC(C)C)C(=O)N[C@H](C(=O)N2CCCCC2)CC1=O. The largest absolute Gasteiger partial charge is 0.391 e. The summed E-state index contributed by atoms with van der Waals surface area (Å²) >= 11 is 0. The summed E-state index contributed by atoms with van der Waals surface area (Å²) in [4.78, 5) is 206. The molecule has 13 amide bonds. The Morgan fingerprint density at radius 3 is 1.33 bits per heavy atom. The van der Waals surface area contributed by atoms with Crippen molar-refractivity contribution in [3.05, 3.63) is 0 Å². The van der Waals surface area contributed by atoms with Crippen LogP contribution in [0.4, 0.5) is 0 Å². The molecule has 29 nitrogen and oxygen atoms in total. The molecule has 6 N–H and O–H groups in total. The van der Waals surface area contributed by atoms with E-state index in [0.717, 1.165) is 68.9 Å². The van der Waals surface area contributed by atoms with E-state index in [1.165, 1.54) is 71.6 Å². The first-order valence-electron chi connectivity index (χ1n) is 40.3. The maximum atomic E-state index is 15.6. The lowest BCUT2D eigenvalue weighted by Gasteiger charge is -2.39. The van der Waals surface area contributed by atoms with Crippen LogP contribution in [-0.2, 0) is 72.4 Å². The van der Waals surface area contributed by atoms with Gasteiger partial charge in [0.15, 0.2) is 0 Å². The molecular formula is C78H137N13O16S. The van der Waals surface area contributed by atoms with Crippen LogP contribution in [0, 0.1) is 35.5 Å². The van der Waals surface area contributed by atoms with Crippen molar-refractivity contribution in [2.45, 2.75) is 304 Å². The molecule has 616 valence electrons. The van der Waals surface area contributed by atoms with E-state index in [-0.39, 0.29) is 87.1 Å². The molecule has 2 saturated heterocycles. The van der Waals surface area contributed by atoms with Gasteiger partial charge >= 0.3 is 0 Å². The molecule has 0 aromatic rings. The van der Waals surface area contributed by atoms with E-state index in [2.05, 4.69) is 21.3 Å². The van der Waals surface area contributed by atoms with Crippen LogP contribution in [0.1, 0.15) is 243 Å². The maximum Gasteiger partial charge on any atom is 0.248 e. The number of carbonyl (C=O) groups excluding carboxylic acids is 13. The zero-order chi connectivity index (χ0) is 81.0. The fourth-order valence-electron chi connectivity index (χ4n) is 15.3. The Morgan fingerprint density at radius 2 is 0.870 bits per heavy atom. The summed E-state index contributed by atoms with van der Waals surface area (Å²) in [7, 11) is 3.00. The number of nitrogens with one attached hydrogen (secondary N) is 5. The Bertz CT molecular complexity index is 3120. The summed E-state index contributed by atoms with van der Waals surface area (Å²) in [6.07, 6.45) is 10.4. The van der Waals surface area contributed by atoms with Crippen molar-refractivity contribution >= 4 is 86.8 Å². The summed E-state index contributed by atoms with van der Waals surface area (Å²) in [5, 5.41) is 22.9. The molecule has 0 aromatic carbocycles. The number of nitrogens with zero attached hydrogens (tertiary/aromatic N) is 8. The normalized spacial score (nSPS) is 25.6. The van der Waals surface area contributed by atoms with Crippen molar-refractivity contribution in [1.29, 1.82) is 0 Å². The van der Waals surface area contributed by atoms with Crippen LogP contribution in [0.15, 0.2) is 0 Å². The summed E-state index contributed by atoms with van der Waals surface area (Å²) < 4.78 is 26.6. The minimum atomic E-state index is -4.11. The van der Waals surface area contributed by atoms with Crippen molar-refractivity contribution in [2.24, 2.45) is 35.5 Å². The van der Waals surface area contributed by atoms with Crippen molar-refractivity contribution in [1.82, 2.24) is 65.2 Å². The molecular weight excluding hydrogens is 1410 g/mol. The molecule has 1 unspecified atom stereocenters. The van der Waals surface area contributed by atoms with Gasteiger partial charge in [-0.05, 0) is 119 Å².